The van der Waals surface area contributed by atoms with E-state index in [1.165, 1.54) is 24.3 Å². The highest BCUT2D eigenvalue weighted by molar-refractivity contribution is 5.45. The lowest BCUT2D eigenvalue weighted by molar-refractivity contribution is -0.275. The largest absolute Gasteiger partial charge is 0.573 e. The lowest BCUT2D eigenvalue weighted by atomic mass is 10.2. The Morgan fingerprint density at radius 1 is 1.00 bits per heavy atom. The molecule has 0 amide bonds. The maximum Gasteiger partial charge on any atom is 0.573 e. The summed E-state index contributed by atoms with van der Waals surface area (Å²) >= 11 is 0. The Kier molecular flexibility index (Phi) is 3.98. The molecule has 3 nitrogen and oxygen atoms in total. The van der Waals surface area contributed by atoms with E-state index in [9.17, 15) is 17.6 Å². The highest BCUT2D eigenvalue weighted by Crippen LogP contribution is 2.35. The van der Waals surface area contributed by atoms with E-state index in [0.29, 0.717) is 0 Å². The normalized spacial score (nSPS) is 10.8. The number of hydrogen-bond donors (Lipinski definition) is 0. The summed E-state index contributed by atoms with van der Waals surface area (Å²) in [4.78, 5) is 0. The third kappa shape index (κ3) is 4.11. The summed E-state index contributed by atoms with van der Waals surface area (Å²) in [7, 11) is 0. The van der Waals surface area contributed by atoms with Gasteiger partial charge in [-0.25, -0.2) is 4.39 Å². The lowest BCUT2D eigenvalue weighted by Gasteiger charge is -2.13. The minimum atomic E-state index is -4.88. The van der Waals surface area contributed by atoms with Crippen molar-refractivity contribution in [1.82, 2.24) is 0 Å². The van der Waals surface area contributed by atoms with Crippen molar-refractivity contribution < 1.29 is 27.0 Å². The summed E-state index contributed by atoms with van der Waals surface area (Å²) in [6, 6.07) is 9.91. The van der Waals surface area contributed by atoms with E-state index < -0.39 is 17.9 Å². The number of hydrogen-bond acceptors (Lipinski definition) is 3. The van der Waals surface area contributed by atoms with E-state index in [1.54, 1.807) is 6.07 Å². The average molecular weight is 297 g/mol. The Labute approximate surface area is 117 Å². The minimum Gasteiger partial charge on any atom is -0.453 e. The topological polar surface area (TPSA) is 42.2 Å². The first-order valence-electron chi connectivity index (χ1n) is 5.61. The highest BCUT2D eigenvalue weighted by atomic mass is 19.4. The molecule has 0 aliphatic heterocycles. The van der Waals surface area contributed by atoms with Crippen LogP contribution in [-0.4, -0.2) is 6.36 Å². The van der Waals surface area contributed by atoms with E-state index in [-0.39, 0.29) is 17.1 Å². The molecule has 0 saturated heterocycles. The Morgan fingerprint density at radius 3 is 2.29 bits per heavy atom. The van der Waals surface area contributed by atoms with Crippen LogP contribution in [0.1, 0.15) is 5.56 Å². The SMILES string of the molecule is N#Cc1cc(F)cc(Oc2ccccc2OC(F)(F)F)c1. The molecule has 0 unspecified atom stereocenters. The van der Waals surface area contributed by atoms with Gasteiger partial charge in [0, 0.05) is 6.07 Å². The molecule has 21 heavy (non-hydrogen) atoms. The molecule has 0 bridgehead atoms. The van der Waals surface area contributed by atoms with Crippen molar-refractivity contribution in [2.24, 2.45) is 0 Å². The van der Waals surface area contributed by atoms with Gasteiger partial charge in [0.1, 0.15) is 11.6 Å². The number of alkyl halides is 3. The second-order valence-electron chi connectivity index (χ2n) is 3.88. The molecule has 0 spiro atoms. The van der Waals surface area contributed by atoms with Crippen LogP contribution in [-0.2, 0) is 0 Å². The second-order valence-corrected chi connectivity index (χ2v) is 3.88. The molecule has 2 aromatic carbocycles. The van der Waals surface area contributed by atoms with Gasteiger partial charge < -0.3 is 9.47 Å². The van der Waals surface area contributed by atoms with E-state index in [2.05, 4.69) is 4.74 Å². The first kappa shape index (κ1) is 14.7. The summed E-state index contributed by atoms with van der Waals surface area (Å²) in [5.74, 6) is -1.65. The van der Waals surface area contributed by atoms with Crippen LogP contribution >= 0.6 is 0 Å². The van der Waals surface area contributed by atoms with Gasteiger partial charge in [0.05, 0.1) is 11.6 Å². The zero-order chi connectivity index (χ0) is 15.5. The highest BCUT2D eigenvalue weighted by Gasteiger charge is 2.32. The molecule has 0 heterocycles. The molecule has 108 valence electrons. The molecular formula is C14H7F4NO2. The predicted octanol–water partition coefficient (Wildman–Crippen LogP) is 4.39. The molecule has 0 radical (unpaired) electrons. The molecule has 0 aliphatic rings. The van der Waals surface area contributed by atoms with Crippen LogP contribution in [0.5, 0.6) is 17.2 Å². The molecular weight excluding hydrogens is 290 g/mol. The number of benzene rings is 2. The van der Waals surface area contributed by atoms with Crippen molar-refractivity contribution in [3.8, 4) is 23.3 Å². The number of nitrogens with zero attached hydrogens (tertiary/aromatic N) is 1. The second kappa shape index (κ2) is 5.71. The fraction of sp³-hybridized carbons (Fsp3) is 0.0714. The first-order valence-corrected chi connectivity index (χ1v) is 5.61. The van der Waals surface area contributed by atoms with Gasteiger partial charge in [-0.05, 0) is 24.3 Å². The molecule has 0 N–H and O–H groups in total. The number of halogens is 4. The zero-order valence-electron chi connectivity index (χ0n) is 10.3. The number of para-hydroxylation sites is 2. The quantitative estimate of drug-likeness (QED) is 0.789. The predicted molar refractivity (Wildman–Crippen MR) is 64.3 cm³/mol. The van der Waals surface area contributed by atoms with Crippen molar-refractivity contribution >= 4 is 0 Å². The molecule has 0 fully saturated rings. The fourth-order valence-corrected chi connectivity index (χ4v) is 1.56. The Hall–Kier alpha value is -2.75. The smallest absolute Gasteiger partial charge is 0.453 e. The fourth-order valence-electron chi connectivity index (χ4n) is 1.56. The van der Waals surface area contributed by atoms with E-state index in [0.717, 1.165) is 18.2 Å². The molecule has 2 rings (SSSR count). The van der Waals surface area contributed by atoms with Gasteiger partial charge in [-0.3, -0.25) is 0 Å². The van der Waals surface area contributed by atoms with Crippen LogP contribution in [0.25, 0.3) is 0 Å². The summed E-state index contributed by atoms with van der Waals surface area (Å²) in [6.07, 6.45) is -4.88. The van der Waals surface area contributed by atoms with Crippen molar-refractivity contribution in [2.45, 2.75) is 6.36 Å². The van der Waals surface area contributed by atoms with Crippen molar-refractivity contribution in [3.05, 3.63) is 53.8 Å². The van der Waals surface area contributed by atoms with Crippen LogP contribution in [0.3, 0.4) is 0 Å². The minimum absolute atomic E-state index is 0.0146. The molecule has 7 heteroatoms. The molecule has 0 aromatic heterocycles. The summed E-state index contributed by atoms with van der Waals surface area (Å²) in [5, 5.41) is 8.71. The molecule has 2 aromatic rings. The third-order valence-corrected chi connectivity index (χ3v) is 2.30. The first-order chi connectivity index (χ1) is 9.87. The van der Waals surface area contributed by atoms with Crippen molar-refractivity contribution in [1.29, 1.82) is 5.26 Å². The molecule has 0 aliphatic carbocycles. The summed E-state index contributed by atoms with van der Waals surface area (Å²) in [5.41, 5.74) is -0.0146. The van der Waals surface area contributed by atoms with Crippen LogP contribution in [0.15, 0.2) is 42.5 Å². The van der Waals surface area contributed by atoms with Gasteiger partial charge in [-0.1, -0.05) is 12.1 Å². The maximum atomic E-state index is 13.2. The Balaban J connectivity index is 2.32. The van der Waals surface area contributed by atoms with E-state index in [1.807, 2.05) is 0 Å². The Morgan fingerprint density at radius 2 is 1.67 bits per heavy atom. The Bertz CT molecular complexity index is 692. The van der Waals surface area contributed by atoms with Crippen LogP contribution < -0.4 is 9.47 Å². The van der Waals surface area contributed by atoms with Gasteiger partial charge in [0.25, 0.3) is 0 Å². The van der Waals surface area contributed by atoms with Gasteiger partial charge in [-0.2, -0.15) is 5.26 Å². The number of nitriles is 1. The maximum absolute atomic E-state index is 13.2. The van der Waals surface area contributed by atoms with Crippen molar-refractivity contribution in [2.75, 3.05) is 0 Å². The van der Waals surface area contributed by atoms with Gasteiger partial charge in [0.15, 0.2) is 11.5 Å². The van der Waals surface area contributed by atoms with Crippen molar-refractivity contribution in [3.63, 3.8) is 0 Å². The lowest BCUT2D eigenvalue weighted by Crippen LogP contribution is -2.17. The molecule has 0 saturated carbocycles. The summed E-state index contributed by atoms with van der Waals surface area (Å²) in [6.45, 7) is 0. The number of ether oxygens (including phenoxy) is 2. The van der Waals surface area contributed by atoms with Gasteiger partial charge >= 0.3 is 6.36 Å². The average Bonchev–Trinajstić information content (AvgIpc) is 2.38. The van der Waals surface area contributed by atoms with E-state index >= 15 is 0 Å². The van der Waals surface area contributed by atoms with E-state index in [4.69, 9.17) is 10.00 Å². The third-order valence-electron chi connectivity index (χ3n) is 2.30. The van der Waals surface area contributed by atoms with Crippen LogP contribution in [0.2, 0.25) is 0 Å². The molecule has 0 atom stereocenters. The standard InChI is InChI=1S/C14H7F4NO2/c15-10-5-9(8-19)6-11(7-10)20-12-3-1-2-4-13(12)21-14(16,17)18/h1-7H. The zero-order valence-corrected chi connectivity index (χ0v) is 10.3. The monoisotopic (exact) mass is 297 g/mol. The van der Waals surface area contributed by atoms with Crippen LogP contribution in [0, 0.1) is 17.1 Å². The van der Waals surface area contributed by atoms with Gasteiger partial charge in [-0.15, -0.1) is 13.2 Å². The number of rotatable bonds is 3. The summed E-state index contributed by atoms with van der Waals surface area (Å²) < 4.78 is 59.0. The van der Waals surface area contributed by atoms with Gasteiger partial charge in [0.2, 0.25) is 0 Å². The van der Waals surface area contributed by atoms with Crippen LogP contribution in [0.4, 0.5) is 17.6 Å².